The van der Waals surface area contributed by atoms with E-state index in [4.69, 9.17) is 37.0 Å². The van der Waals surface area contributed by atoms with Crippen LogP contribution in [0.3, 0.4) is 0 Å². The topological polar surface area (TPSA) is 237 Å². The number of allylic oxidation sites excluding steroid dienone is 4. The number of aliphatic hydroxyl groups is 1. The van der Waals surface area contributed by atoms with E-state index in [0.29, 0.717) is 25.7 Å². The van der Waals surface area contributed by atoms with Crippen molar-refractivity contribution < 1.29 is 80.2 Å². The fraction of sp³-hybridized carbons (Fsp3) is 0.895. The molecule has 0 aliphatic rings. The fourth-order valence-electron chi connectivity index (χ4n) is 11.0. The number of carbonyl (C=O) groups is 4. The molecule has 0 bridgehead atoms. The maximum absolute atomic E-state index is 13.1. The minimum Gasteiger partial charge on any atom is -0.462 e. The summed E-state index contributed by atoms with van der Waals surface area (Å²) in [6, 6.07) is 0. The average molecular weight is 1390 g/mol. The summed E-state index contributed by atoms with van der Waals surface area (Å²) in [7, 11) is -9.93. The van der Waals surface area contributed by atoms with Gasteiger partial charge in [-0.1, -0.05) is 316 Å². The Morgan fingerprint density at radius 3 is 0.895 bits per heavy atom. The van der Waals surface area contributed by atoms with Crippen LogP contribution in [-0.2, 0) is 65.4 Å². The minimum absolute atomic E-state index is 0.0849. The Morgan fingerprint density at radius 1 is 0.337 bits per heavy atom. The summed E-state index contributed by atoms with van der Waals surface area (Å²) in [6.45, 7) is 9.58. The van der Waals surface area contributed by atoms with Gasteiger partial charge < -0.3 is 33.8 Å². The Kier molecular flexibility index (Phi) is 65.6. The maximum atomic E-state index is 13.1. The molecule has 560 valence electrons. The van der Waals surface area contributed by atoms with Crippen molar-refractivity contribution in [3.63, 3.8) is 0 Å². The van der Waals surface area contributed by atoms with E-state index in [9.17, 15) is 43.2 Å². The first kappa shape index (κ1) is 92.5. The highest BCUT2D eigenvalue weighted by Crippen LogP contribution is 2.45. The molecule has 0 spiro atoms. The number of phosphoric acid groups is 2. The number of phosphoric ester groups is 2. The molecule has 0 heterocycles. The van der Waals surface area contributed by atoms with Crippen LogP contribution in [0.2, 0.25) is 0 Å². The summed E-state index contributed by atoms with van der Waals surface area (Å²) in [5.41, 5.74) is 0. The van der Waals surface area contributed by atoms with Gasteiger partial charge in [0, 0.05) is 25.7 Å². The maximum Gasteiger partial charge on any atom is 0.472 e. The van der Waals surface area contributed by atoms with Crippen molar-refractivity contribution in [1.29, 1.82) is 0 Å². The molecule has 0 aromatic heterocycles. The quantitative estimate of drug-likeness (QED) is 0.0169. The zero-order valence-electron chi connectivity index (χ0n) is 61.5. The third-order valence-electron chi connectivity index (χ3n) is 17.8. The van der Waals surface area contributed by atoms with E-state index in [1.807, 2.05) is 0 Å². The van der Waals surface area contributed by atoms with E-state index in [1.165, 1.54) is 173 Å². The van der Waals surface area contributed by atoms with Crippen molar-refractivity contribution >= 4 is 39.5 Å². The predicted molar refractivity (Wildman–Crippen MR) is 386 cm³/mol. The van der Waals surface area contributed by atoms with Gasteiger partial charge in [-0.05, 0) is 63.2 Å². The second-order valence-electron chi connectivity index (χ2n) is 27.2. The number of hydrogen-bond acceptors (Lipinski definition) is 15. The third-order valence-corrected chi connectivity index (χ3v) is 19.7. The first-order valence-corrected chi connectivity index (χ1v) is 41.9. The first-order valence-electron chi connectivity index (χ1n) is 38.9. The number of unbranched alkanes of at least 4 members (excludes halogenated alkanes) is 38. The number of esters is 4. The smallest absolute Gasteiger partial charge is 0.462 e. The van der Waals surface area contributed by atoms with Crippen LogP contribution in [-0.4, -0.2) is 96.7 Å². The Bertz CT molecular complexity index is 1940. The molecule has 7 atom stereocenters. The molecule has 0 saturated heterocycles. The summed E-state index contributed by atoms with van der Waals surface area (Å²) in [4.78, 5) is 72.8. The number of hydrogen-bond donors (Lipinski definition) is 3. The van der Waals surface area contributed by atoms with Gasteiger partial charge >= 0.3 is 39.5 Å². The first-order chi connectivity index (χ1) is 45.9. The zero-order chi connectivity index (χ0) is 70.0. The van der Waals surface area contributed by atoms with Crippen molar-refractivity contribution in [3.8, 4) is 0 Å². The SMILES string of the molecule is CCCCCC/C=C\C=C/CCCCCCCC(=O)O[C@H](COC(=O)CCCCCCCCCCCCC(C)CC)COP(=O)(O)OC[C@@H](O)COP(=O)(O)OC[C@@H](COC(=O)CCCCCCCCCCCCCC)OC(=O)CCCCCCCCCCCCC(C)CC. The number of rotatable bonds is 73. The standard InChI is InChI=1S/C76H144O17P2/c1-7-11-13-15-17-19-21-23-24-25-27-36-42-48-54-60-75(80)92-71(65-87-74(79)59-53-47-41-35-30-28-32-38-44-50-56-68(5)9-3)66-90-94(82,83)88-62-70(77)63-89-95(84,85)91-67-72(64-86-73(78)58-52-46-40-34-26-22-20-18-16-14-12-8-2)93-76(81)61-55-49-43-37-31-29-33-39-45-51-57-69(6)10-4/h19,21,23-24,68-72,77H,7-18,20,22,25-67H2,1-6H3,(H,82,83)(H,84,85)/b21-19-,24-23-/t68?,69?,70-,71-,72-/m1/s1. The van der Waals surface area contributed by atoms with Crippen LogP contribution in [0, 0.1) is 11.8 Å². The molecular formula is C76H144O17P2. The lowest BCUT2D eigenvalue weighted by atomic mass is 9.99. The molecule has 19 heteroatoms. The molecule has 0 aromatic carbocycles. The molecule has 3 N–H and O–H groups in total. The third kappa shape index (κ3) is 67.2. The van der Waals surface area contributed by atoms with Crippen LogP contribution < -0.4 is 0 Å². The molecule has 0 aliphatic carbocycles. The number of ether oxygens (including phenoxy) is 4. The Labute approximate surface area is 580 Å². The monoisotopic (exact) mass is 1390 g/mol. The van der Waals surface area contributed by atoms with E-state index in [0.717, 1.165) is 115 Å². The Hall–Kier alpha value is -2.46. The molecule has 4 unspecified atom stereocenters. The molecule has 0 amide bonds. The van der Waals surface area contributed by atoms with Crippen molar-refractivity contribution in [2.75, 3.05) is 39.6 Å². The van der Waals surface area contributed by atoms with Gasteiger partial charge in [0.1, 0.15) is 19.3 Å². The van der Waals surface area contributed by atoms with Crippen molar-refractivity contribution in [3.05, 3.63) is 24.3 Å². The summed E-state index contributed by atoms with van der Waals surface area (Å²) in [5.74, 6) is -0.536. The Balaban J connectivity index is 5.31. The number of carbonyl (C=O) groups excluding carboxylic acids is 4. The van der Waals surface area contributed by atoms with Gasteiger partial charge in [-0.2, -0.15) is 0 Å². The van der Waals surface area contributed by atoms with E-state index < -0.39 is 97.5 Å². The molecular weight excluding hydrogens is 1250 g/mol. The normalized spacial score (nSPS) is 14.7. The average Bonchev–Trinajstić information content (AvgIpc) is 2.39. The van der Waals surface area contributed by atoms with E-state index in [1.54, 1.807) is 0 Å². The highest BCUT2D eigenvalue weighted by molar-refractivity contribution is 7.47. The molecule has 0 fully saturated rings. The van der Waals surface area contributed by atoms with Crippen LogP contribution >= 0.6 is 15.6 Å². The van der Waals surface area contributed by atoms with Gasteiger partial charge in [-0.3, -0.25) is 37.3 Å². The summed E-state index contributed by atoms with van der Waals surface area (Å²) < 4.78 is 68.5. The van der Waals surface area contributed by atoms with E-state index >= 15 is 0 Å². The molecule has 0 aliphatic heterocycles. The van der Waals surface area contributed by atoms with Gasteiger partial charge in [0.2, 0.25) is 0 Å². The molecule has 0 rings (SSSR count). The lowest BCUT2D eigenvalue weighted by Crippen LogP contribution is -2.30. The largest absolute Gasteiger partial charge is 0.472 e. The Morgan fingerprint density at radius 2 is 0.589 bits per heavy atom. The van der Waals surface area contributed by atoms with Gasteiger partial charge in [0.05, 0.1) is 26.4 Å². The van der Waals surface area contributed by atoms with Crippen LogP contribution in [0.15, 0.2) is 24.3 Å². The molecule has 17 nitrogen and oxygen atoms in total. The van der Waals surface area contributed by atoms with E-state index in [-0.39, 0.29) is 25.7 Å². The van der Waals surface area contributed by atoms with Gasteiger partial charge in [0.25, 0.3) is 0 Å². The van der Waals surface area contributed by atoms with Crippen molar-refractivity contribution in [2.45, 2.75) is 387 Å². The second kappa shape index (κ2) is 67.4. The van der Waals surface area contributed by atoms with E-state index in [2.05, 4.69) is 65.8 Å². The summed E-state index contributed by atoms with van der Waals surface area (Å²) in [5, 5.41) is 10.6. The highest BCUT2D eigenvalue weighted by atomic mass is 31.2. The second-order valence-corrected chi connectivity index (χ2v) is 30.1. The fourth-order valence-corrected chi connectivity index (χ4v) is 12.6. The number of aliphatic hydroxyl groups excluding tert-OH is 1. The van der Waals surface area contributed by atoms with Crippen LogP contribution in [0.5, 0.6) is 0 Å². The highest BCUT2D eigenvalue weighted by Gasteiger charge is 2.30. The molecule has 0 aromatic rings. The van der Waals surface area contributed by atoms with Crippen LogP contribution in [0.4, 0.5) is 0 Å². The van der Waals surface area contributed by atoms with Gasteiger partial charge in [-0.25, -0.2) is 9.13 Å². The van der Waals surface area contributed by atoms with Crippen molar-refractivity contribution in [1.82, 2.24) is 0 Å². The van der Waals surface area contributed by atoms with Gasteiger partial charge in [0.15, 0.2) is 12.2 Å². The molecule has 0 saturated carbocycles. The lowest BCUT2D eigenvalue weighted by Gasteiger charge is -2.21. The minimum atomic E-state index is -4.97. The zero-order valence-corrected chi connectivity index (χ0v) is 63.2. The lowest BCUT2D eigenvalue weighted by molar-refractivity contribution is -0.161. The predicted octanol–water partition coefficient (Wildman–Crippen LogP) is 21.9. The molecule has 95 heavy (non-hydrogen) atoms. The van der Waals surface area contributed by atoms with Gasteiger partial charge in [-0.15, -0.1) is 0 Å². The molecule has 0 radical (unpaired) electrons. The summed E-state index contributed by atoms with van der Waals surface area (Å²) in [6.07, 6.45) is 57.4. The van der Waals surface area contributed by atoms with Crippen LogP contribution in [0.25, 0.3) is 0 Å². The van der Waals surface area contributed by atoms with Crippen molar-refractivity contribution in [2.24, 2.45) is 11.8 Å². The summed E-state index contributed by atoms with van der Waals surface area (Å²) >= 11 is 0. The van der Waals surface area contributed by atoms with Crippen LogP contribution in [0.1, 0.15) is 369 Å².